The molecule has 0 heterocycles. The maximum atomic E-state index is 13.4. The fraction of sp³-hybridized carbons (Fsp3) is 0.750. The third-order valence-electron chi connectivity index (χ3n) is 7.68. The van der Waals surface area contributed by atoms with Gasteiger partial charge in [0, 0.05) is 9.52 Å². The molecule has 0 bridgehead atoms. The van der Waals surface area contributed by atoms with Gasteiger partial charge in [-0.1, -0.05) is 51.6 Å². The van der Waals surface area contributed by atoms with Crippen LogP contribution in [-0.4, -0.2) is 9.52 Å². The zero-order valence-electron chi connectivity index (χ0n) is 17.2. The van der Waals surface area contributed by atoms with Gasteiger partial charge in [0.1, 0.15) is 0 Å². The van der Waals surface area contributed by atoms with E-state index in [0.717, 1.165) is 45.3 Å². The van der Waals surface area contributed by atoms with Gasteiger partial charge in [0.15, 0.2) is 11.6 Å². The summed E-state index contributed by atoms with van der Waals surface area (Å²) in [5, 5.41) is 0. The fourth-order valence-corrected chi connectivity index (χ4v) is 6.84. The molecular formula is C24H36F2Si. The van der Waals surface area contributed by atoms with E-state index in [1.807, 2.05) is 0 Å². The number of hydrogen-bond donors (Lipinski definition) is 0. The summed E-state index contributed by atoms with van der Waals surface area (Å²) in [5.41, 5.74) is 2.58. The van der Waals surface area contributed by atoms with Crippen LogP contribution in [0.1, 0.15) is 83.1 Å². The number of hydrogen-bond acceptors (Lipinski definition) is 0. The minimum absolute atomic E-state index is 0.635. The molecule has 0 N–H and O–H groups in total. The third kappa shape index (κ3) is 5.22. The van der Waals surface area contributed by atoms with E-state index >= 15 is 0 Å². The van der Waals surface area contributed by atoms with Crippen LogP contribution >= 0.6 is 0 Å². The van der Waals surface area contributed by atoms with E-state index in [9.17, 15) is 8.78 Å². The molecule has 0 unspecified atom stereocenters. The van der Waals surface area contributed by atoms with Gasteiger partial charge < -0.3 is 0 Å². The molecule has 3 heteroatoms. The van der Waals surface area contributed by atoms with Crippen molar-refractivity contribution in [3.63, 3.8) is 0 Å². The van der Waals surface area contributed by atoms with E-state index < -0.39 is 11.6 Å². The molecule has 0 aromatic heterocycles. The summed E-state index contributed by atoms with van der Waals surface area (Å²) in [4.78, 5) is 0. The van der Waals surface area contributed by atoms with Gasteiger partial charge >= 0.3 is 0 Å². The van der Waals surface area contributed by atoms with Crippen molar-refractivity contribution in [1.82, 2.24) is 0 Å². The highest BCUT2D eigenvalue weighted by molar-refractivity contribution is 6.35. The Labute approximate surface area is 167 Å². The maximum absolute atomic E-state index is 13.4. The number of benzene rings is 1. The van der Waals surface area contributed by atoms with Crippen molar-refractivity contribution < 1.29 is 8.78 Å². The fourth-order valence-electron chi connectivity index (χ4n) is 5.97. The molecule has 2 aliphatic carbocycles. The van der Waals surface area contributed by atoms with Crippen LogP contribution in [0, 0.1) is 28.9 Å². The smallest absolute Gasteiger partial charge is 0.159 e. The Hall–Kier alpha value is -0.703. The van der Waals surface area contributed by atoms with Gasteiger partial charge in [0.05, 0.1) is 0 Å². The highest BCUT2D eigenvalue weighted by Gasteiger charge is 2.41. The molecule has 3 rings (SSSR count). The van der Waals surface area contributed by atoms with Gasteiger partial charge in [-0.25, -0.2) is 8.78 Å². The van der Waals surface area contributed by atoms with Gasteiger partial charge in [-0.2, -0.15) is 0 Å². The van der Waals surface area contributed by atoms with Crippen LogP contribution in [0.25, 0.3) is 0 Å². The van der Waals surface area contributed by atoms with Gasteiger partial charge in [0.25, 0.3) is 0 Å². The summed E-state index contributed by atoms with van der Waals surface area (Å²) in [6.45, 7) is 4.75. The van der Waals surface area contributed by atoms with Crippen molar-refractivity contribution in [3.05, 3.63) is 35.4 Å². The molecule has 27 heavy (non-hydrogen) atoms. The van der Waals surface area contributed by atoms with Crippen LogP contribution in [0.5, 0.6) is 0 Å². The zero-order chi connectivity index (χ0) is 19.3. The lowest BCUT2D eigenvalue weighted by molar-refractivity contribution is 0.0445. The van der Waals surface area contributed by atoms with Crippen LogP contribution in [-0.2, 0) is 6.42 Å². The molecule has 150 valence electrons. The lowest BCUT2D eigenvalue weighted by atomic mass is 9.58. The van der Waals surface area contributed by atoms with Crippen LogP contribution in [0.4, 0.5) is 8.78 Å². The van der Waals surface area contributed by atoms with Crippen molar-refractivity contribution in [2.75, 3.05) is 0 Å². The number of aryl methyl sites for hydroxylation is 1. The highest BCUT2D eigenvalue weighted by Crippen LogP contribution is 2.54. The largest absolute Gasteiger partial charge is 0.204 e. The predicted octanol–water partition coefficient (Wildman–Crippen LogP) is 7.61. The van der Waals surface area contributed by atoms with Crippen LogP contribution in [0.2, 0.25) is 12.1 Å². The lowest BCUT2D eigenvalue weighted by Crippen LogP contribution is -2.37. The van der Waals surface area contributed by atoms with E-state index in [0.29, 0.717) is 5.41 Å². The number of rotatable bonds is 7. The molecule has 0 nitrogen and oxygen atoms in total. The average molecular weight is 391 g/mol. The first-order valence-corrected chi connectivity index (χ1v) is 12.7. The van der Waals surface area contributed by atoms with E-state index in [4.69, 9.17) is 0 Å². The molecule has 1 aromatic carbocycles. The second-order valence-electron chi connectivity index (χ2n) is 9.18. The van der Waals surface area contributed by atoms with Crippen LogP contribution < -0.4 is 0 Å². The summed E-state index contributed by atoms with van der Waals surface area (Å²) in [6, 6.07) is 4.39. The molecule has 0 spiro atoms. The molecule has 2 aliphatic rings. The first-order valence-electron chi connectivity index (χ1n) is 11.2. The molecular weight excluding hydrogens is 354 g/mol. The quantitative estimate of drug-likeness (QED) is 0.420. The van der Waals surface area contributed by atoms with Crippen molar-refractivity contribution in [1.29, 1.82) is 0 Å². The van der Waals surface area contributed by atoms with Gasteiger partial charge in [0.2, 0.25) is 0 Å². The molecule has 2 saturated carbocycles. The summed E-state index contributed by atoms with van der Waals surface area (Å²) in [6.07, 6.45) is 16.1. The normalized spacial score (nSPS) is 31.8. The van der Waals surface area contributed by atoms with Crippen LogP contribution in [0.15, 0.2) is 18.2 Å². The topological polar surface area (TPSA) is 0 Å². The Bertz CT molecular complexity index is 584. The van der Waals surface area contributed by atoms with E-state index in [1.165, 1.54) is 76.3 Å². The Morgan fingerprint density at radius 1 is 1.00 bits per heavy atom. The monoisotopic (exact) mass is 390 g/mol. The molecule has 2 fully saturated rings. The van der Waals surface area contributed by atoms with Crippen molar-refractivity contribution in [2.24, 2.45) is 17.3 Å². The van der Waals surface area contributed by atoms with E-state index in [1.54, 1.807) is 6.07 Å². The predicted molar refractivity (Wildman–Crippen MR) is 111 cm³/mol. The molecule has 2 radical (unpaired) electrons. The number of halogens is 2. The highest BCUT2D eigenvalue weighted by atomic mass is 28.2. The third-order valence-corrected chi connectivity index (χ3v) is 9.07. The summed E-state index contributed by atoms with van der Waals surface area (Å²) in [7, 11) is 1.12. The lowest BCUT2D eigenvalue weighted by Gasteiger charge is -2.48. The van der Waals surface area contributed by atoms with E-state index in [-0.39, 0.29) is 0 Å². The van der Waals surface area contributed by atoms with Crippen molar-refractivity contribution >= 4 is 9.52 Å². The average Bonchev–Trinajstić information content (AvgIpc) is 2.70. The Morgan fingerprint density at radius 2 is 1.70 bits per heavy atom. The van der Waals surface area contributed by atoms with Crippen LogP contribution in [0.3, 0.4) is 0 Å². The summed E-state index contributed by atoms with van der Waals surface area (Å²) in [5.74, 6) is 0.249. The second kappa shape index (κ2) is 9.67. The van der Waals surface area contributed by atoms with Gasteiger partial charge in [-0.05, 0) is 85.4 Å². The standard InChI is InChI=1S/C24H36F2Si/c1-3-14-24(15-12-21(27-2)13-16-24)20-9-6-18(7-10-20)4-5-19-8-11-22(25)23(26)17-19/h8,11,17-18,20-21H,3-7,9-10,12-16H2,1-2H3. The van der Waals surface area contributed by atoms with Gasteiger partial charge in [-0.3, -0.25) is 0 Å². The summed E-state index contributed by atoms with van der Waals surface area (Å²) < 4.78 is 26.5. The molecule has 0 atom stereocenters. The molecule has 0 amide bonds. The molecule has 0 aliphatic heterocycles. The first kappa shape index (κ1) is 21.0. The molecule has 0 saturated heterocycles. The summed E-state index contributed by atoms with van der Waals surface area (Å²) >= 11 is 0. The Morgan fingerprint density at radius 3 is 2.30 bits per heavy atom. The minimum atomic E-state index is -0.737. The first-order chi connectivity index (χ1) is 13.1. The maximum Gasteiger partial charge on any atom is 0.159 e. The Kier molecular flexibility index (Phi) is 7.53. The second-order valence-corrected chi connectivity index (χ2v) is 10.6. The zero-order valence-corrected chi connectivity index (χ0v) is 18.2. The minimum Gasteiger partial charge on any atom is -0.204 e. The van der Waals surface area contributed by atoms with E-state index in [2.05, 4.69) is 13.5 Å². The van der Waals surface area contributed by atoms with Crippen molar-refractivity contribution in [3.8, 4) is 0 Å². The Balaban J connectivity index is 1.50. The molecule has 1 aromatic rings. The SMILES string of the molecule is CCCC1(C2CCC(CCc3ccc(F)c(F)c3)CC2)CCC([Si]C)CC1. The van der Waals surface area contributed by atoms with Crippen molar-refractivity contribution in [2.45, 2.75) is 96.1 Å². The van der Waals surface area contributed by atoms with Gasteiger partial charge in [-0.15, -0.1) is 0 Å².